The summed E-state index contributed by atoms with van der Waals surface area (Å²) in [5.41, 5.74) is 2.11. The summed E-state index contributed by atoms with van der Waals surface area (Å²) in [6.07, 6.45) is 4.49. The first kappa shape index (κ1) is 19.5. The van der Waals surface area contributed by atoms with Gasteiger partial charge in [0.15, 0.2) is 0 Å². The van der Waals surface area contributed by atoms with Crippen LogP contribution in [0.5, 0.6) is 0 Å². The lowest BCUT2D eigenvalue weighted by Crippen LogP contribution is -2.38. The summed E-state index contributed by atoms with van der Waals surface area (Å²) in [6, 6.07) is 8.13. The van der Waals surface area contributed by atoms with Crippen molar-refractivity contribution in [3.05, 3.63) is 29.8 Å². The van der Waals surface area contributed by atoms with Crippen molar-refractivity contribution >= 4 is 17.5 Å². The minimum absolute atomic E-state index is 0.0156. The zero-order valence-electron chi connectivity index (χ0n) is 16.0. The van der Waals surface area contributed by atoms with Crippen LogP contribution in [0.2, 0.25) is 0 Å². The fraction of sp³-hybridized carbons (Fsp3) is 0.619. The van der Waals surface area contributed by atoms with Gasteiger partial charge in [-0.25, -0.2) is 0 Å². The van der Waals surface area contributed by atoms with Crippen molar-refractivity contribution in [3.63, 3.8) is 0 Å². The van der Waals surface area contributed by atoms with E-state index in [0.717, 1.165) is 30.5 Å². The third-order valence-electron chi connectivity index (χ3n) is 4.97. The summed E-state index contributed by atoms with van der Waals surface area (Å²) in [5.74, 6) is 0.517. The molecule has 2 rings (SSSR count). The average molecular weight is 344 g/mol. The predicted octanol–water partition coefficient (Wildman–Crippen LogP) is 3.93. The molecule has 0 bridgehead atoms. The van der Waals surface area contributed by atoms with Crippen LogP contribution < -0.4 is 10.2 Å². The number of hydrogen-bond donors (Lipinski definition) is 1. The molecule has 1 aromatic rings. The number of nitrogens with zero attached hydrogens (tertiary/aromatic N) is 1. The number of hydrogen-bond acceptors (Lipinski definition) is 2. The third kappa shape index (κ3) is 5.32. The molecule has 1 aliphatic rings. The Balaban J connectivity index is 1.92. The molecular formula is C21H32N2O2. The van der Waals surface area contributed by atoms with Gasteiger partial charge in [-0.15, -0.1) is 0 Å². The standard InChI is InChI=1S/C21H32N2O2/c1-5-17-11-6-7-12-19(17)23-14-18(13-20(23)24)21(25)22-16(4)10-8-9-15(2)3/h6-7,11-12,15-16,18H,5,8-10,13-14H2,1-4H3,(H,22,25). The molecule has 4 nitrogen and oxygen atoms in total. The van der Waals surface area contributed by atoms with E-state index in [1.807, 2.05) is 24.3 Å². The molecule has 0 aliphatic carbocycles. The molecule has 0 aromatic heterocycles. The van der Waals surface area contributed by atoms with E-state index in [9.17, 15) is 9.59 Å². The van der Waals surface area contributed by atoms with Gasteiger partial charge < -0.3 is 10.2 Å². The van der Waals surface area contributed by atoms with Gasteiger partial charge >= 0.3 is 0 Å². The number of aryl methyl sites for hydroxylation is 1. The maximum atomic E-state index is 12.5. The van der Waals surface area contributed by atoms with Crippen molar-refractivity contribution < 1.29 is 9.59 Å². The number of nitrogens with one attached hydrogen (secondary N) is 1. The Morgan fingerprint density at radius 2 is 1.96 bits per heavy atom. The Morgan fingerprint density at radius 3 is 2.64 bits per heavy atom. The van der Waals surface area contributed by atoms with Gasteiger partial charge in [0.05, 0.1) is 5.92 Å². The fourth-order valence-corrected chi connectivity index (χ4v) is 3.45. The highest BCUT2D eigenvalue weighted by Crippen LogP contribution is 2.28. The fourth-order valence-electron chi connectivity index (χ4n) is 3.45. The van der Waals surface area contributed by atoms with Crippen LogP contribution in [0, 0.1) is 11.8 Å². The van der Waals surface area contributed by atoms with Gasteiger partial charge in [-0.05, 0) is 37.3 Å². The van der Waals surface area contributed by atoms with Crippen molar-refractivity contribution in [2.75, 3.05) is 11.4 Å². The summed E-state index contributed by atoms with van der Waals surface area (Å²) in [7, 11) is 0. The molecule has 2 atom stereocenters. The molecule has 1 heterocycles. The Kier molecular flexibility index (Phi) is 7.03. The number of carbonyl (C=O) groups is 2. The Bertz CT molecular complexity index is 597. The first-order valence-corrected chi connectivity index (χ1v) is 9.61. The van der Waals surface area contributed by atoms with Gasteiger partial charge in [0.2, 0.25) is 11.8 Å². The van der Waals surface area contributed by atoms with Crippen molar-refractivity contribution in [1.29, 1.82) is 0 Å². The Hall–Kier alpha value is -1.84. The molecule has 1 N–H and O–H groups in total. The smallest absolute Gasteiger partial charge is 0.227 e. The van der Waals surface area contributed by atoms with Crippen LogP contribution in [0.15, 0.2) is 24.3 Å². The predicted molar refractivity (Wildman–Crippen MR) is 103 cm³/mol. The van der Waals surface area contributed by atoms with Gasteiger partial charge in [0, 0.05) is 24.7 Å². The number of amides is 2. The minimum atomic E-state index is -0.245. The molecule has 4 heteroatoms. The average Bonchev–Trinajstić information content (AvgIpc) is 2.96. The number of anilines is 1. The summed E-state index contributed by atoms with van der Waals surface area (Å²) >= 11 is 0. The molecule has 138 valence electrons. The van der Waals surface area contributed by atoms with E-state index in [1.54, 1.807) is 4.90 Å². The minimum Gasteiger partial charge on any atom is -0.353 e. The Labute approximate surface area is 152 Å². The topological polar surface area (TPSA) is 49.4 Å². The second-order valence-corrected chi connectivity index (χ2v) is 7.62. The lowest BCUT2D eigenvalue weighted by molar-refractivity contribution is -0.126. The molecule has 25 heavy (non-hydrogen) atoms. The number of carbonyl (C=O) groups excluding carboxylic acids is 2. The largest absolute Gasteiger partial charge is 0.353 e. The summed E-state index contributed by atoms with van der Waals surface area (Å²) in [5, 5.41) is 3.10. The molecule has 2 amide bonds. The lowest BCUT2D eigenvalue weighted by Gasteiger charge is -2.20. The molecule has 1 saturated heterocycles. The number of para-hydroxylation sites is 1. The first-order valence-electron chi connectivity index (χ1n) is 9.61. The van der Waals surface area contributed by atoms with Crippen LogP contribution in [0.25, 0.3) is 0 Å². The molecule has 1 aromatic carbocycles. The number of benzene rings is 1. The van der Waals surface area contributed by atoms with E-state index in [2.05, 4.69) is 33.0 Å². The van der Waals surface area contributed by atoms with Gasteiger partial charge in [0.1, 0.15) is 0 Å². The van der Waals surface area contributed by atoms with Crippen LogP contribution in [0.1, 0.15) is 58.9 Å². The monoisotopic (exact) mass is 344 g/mol. The van der Waals surface area contributed by atoms with Crippen LogP contribution in [0.4, 0.5) is 5.69 Å². The zero-order valence-corrected chi connectivity index (χ0v) is 16.0. The normalized spacial score (nSPS) is 18.7. The van der Waals surface area contributed by atoms with Gasteiger partial charge in [-0.2, -0.15) is 0 Å². The second-order valence-electron chi connectivity index (χ2n) is 7.62. The van der Waals surface area contributed by atoms with Crippen LogP contribution in [0.3, 0.4) is 0 Å². The van der Waals surface area contributed by atoms with E-state index in [0.29, 0.717) is 18.9 Å². The van der Waals surface area contributed by atoms with E-state index >= 15 is 0 Å². The van der Waals surface area contributed by atoms with Crippen LogP contribution in [-0.2, 0) is 16.0 Å². The van der Waals surface area contributed by atoms with Crippen LogP contribution >= 0.6 is 0 Å². The van der Waals surface area contributed by atoms with E-state index in [4.69, 9.17) is 0 Å². The molecule has 0 spiro atoms. The molecule has 1 aliphatic heterocycles. The van der Waals surface area contributed by atoms with Gasteiger partial charge in [-0.3, -0.25) is 9.59 Å². The molecule has 0 saturated carbocycles. The highest BCUT2D eigenvalue weighted by atomic mass is 16.2. The van der Waals surface area contributed by atoms with E-state index in [-0.39, 0.29) is 23.8 Å². The second kappa shape index (κ2) is 9.02. The van der Waals surface area contributed by atoms with E-state index in [1.165, 1.54) is 6.42 Å². The Morgan fingerprint density at radius 1 is 1.24 bits per heavy atom. The van der Waals surface area contributed by atoms with E-state index < -0.39 is 0 Å². The molecule has 1 fully saturated rings. The molecular weight excluding hydrogens is 312 g/mol. The van der Waals surface area contributed by atoms with Crippen molar-refractivity contribution in [2.45, 2.75) is 65.8 Å². The lowest BCUT2D eigenvalue weighted by atomic mass is 10.0. The number of rotatable bonds is 8. The van der Waals surface area contributed by atoms with Crippen molar-refractivity contribution in [2.24, 2.45) is 11.8 Å². The first-order chi connectivity index (χ1) is 11.9. The maximum absolute atomic E-state index is 12.5. The quantitative estimate of drug-likeness (QED) is 0.777. The third-order valence-corrected chi connectivity index (χ3v) is 4.97. The SMILES string of the molecule is CCc1ccccc1N1CC(C(=O)NC(C)CCCC(C)C)CC1=O. The van der Waals surface area contributed by atoms with Crippen molar-refractivity contribution in [3.8, 4) is 0 Å². The van der Waals surface area contributed by atoms with Gasteiger partial charge in [-0.1, -0.05) is 51.8 Å². The van der Waals surface area contributed by atoms with Crippen LogP contribution in [-0.4, -0.2) is 24.4 Å². The maximum Gasteiger partial charge on any atom is 0.227 e. The highest BCUT2D eigenvalue weighted by molar-refractivity contribution is 6.00. The highest BCUT2D eigenvalue weighted by Gasteiger charge is 2.36. The van der Waals surface area contributed by atoms with Crippen molar-refractivity contribution in [1.82, 2.24) is 5.32 Å². The molecule has 0 radical (unpaired) electrons. The summed E-state index contributed by atoms with van der Waals surface area (Å²) < 4.78 is 0. The zero-order chi connectivity index (χ0) is 18.4. The summed E-state index contributed by atoms with van der Waals surface area (Å²) in [6.45, 7) is 9.06. The van der Waals surface area contributed by atoms with Gasteiger partial charge in [0.25, 0.3) is 0 Å². The molecule has 2 unspecified atom stereocenters. The summed E-state index contributed by atoms with van der Waals surface area (Å²) in [4.78, 5) is 26.8.